The summed E-state index contributed by atoms with van der Waals surface area (Å²) >= 11 is 0. The van der Waals surface area contributed by atoms with Gasteiger partial charge in [-0.1, -0.05) is 18.2 Å². The number of fused-ring (bicyclic) bond motifs is 1. The Balaban J connectivity index is 2.17. The molecule has 2 aromatic rings. The van der Waals surface area contributed by atoms with E-state index in [0.29, 0.717) is 5.56 Å². The van der Waals surface area contributed by atoms with Crippen molar-refractivity contribution in [1.29, 1.82) is 0 Å². The molecule has 3 heteroatoms. The van der Waals surface area contributed by atoms with E-state index in [2.05, 4.69) is 17.9 Å². The quantitative estimate of drug-likeness (QED) is 0.765. The highest BCUT2D eigenvalue weighted by molar-refractivity contribution is 6.01. The first kappa shape index (κ1) is 12.9. The Hall–Kier alpha value is -2.16. The van der Waals surface area contributed by atoms with E-state index in [1.54, 1.807) is 6.07 Å². The van der Waals surface area contributed by atoms with Crippen LogP contribution in [0.2, 0.25) is 0 Å². The lowest BCUT2D eigenvalue weighted by molar-refractivity contribution is 0.101. The summed E-state index contributed by atoms with van der Waals surface area (Å²) in [6.07, 6.45) is 0.935. The topological polar surface area (TPSA) is 20.3 Å². The Bertz CT molecular complexity index is 680. The Morgan fingerprint density at radius 3 is 2.70 bits per heavy atom. The number of carbonyl (C=O) groups excluding carboxylic acids is 1. The van der Waals surface area contributed by atoms with Crippen molar-refractivity contribution in [2.75, 3.05) is 4.90 Å². The van der Waals surface area contributed by atoms with E-state index in [4.69, 9.17) is 0 Å². The maximum absolute atomic E-state index is 13.4. The first-order valence-electron chi connectivity index (χ1n) is 6.75. The number of hydrogen-bond donors (Lipinski definition) is 0. The molecule has 1 heterocycles. The van der Waals surface area contributed by atoms with Crippen LogP contribution in [0.4, 0.5) is 15.8 Å². The van der Waals surface area contributed by atoms with Crippen LogP contribution in [0.3, 0.4) is 0 Å². The van der Waals surface area contributed by atoms with Crippen LogP contribution in [0.25, 0.3) is 0 Å². The zero-order valence-electron chi connectivity index (χ0n) is 11.6. The van der Waals surface area contributed by atoms with Crippen molar-refractivity contribution in [1.82, 2.24) is 0 Å². The highest BCUT2D eigenvalue weighted by Crippen LogP contribution is 2.39. The molecule has 0 saturated heterocycles. The molecule has 0 saturated carbocycles. The van der Waals surface area contributed by atoms with Crippen molar-refractivity contribution in [3.05, 3.63) is 59.4 Å². The summed E-state index contributed by atoms with van der Waals surface area (Å²) in [5.41, 5.74) is 3.60. The second-order valence-electron chi connectivity index (χ2n) is 5.27. The summed E-state index contributed by atoms with van der Waals surface area (Å²) in [6, 6.07) is 12.9. The fourth-order valence-corrected chi connectivity index (χ4v) is 2.93. The highest BCUT2D eigenvalue weighted by atomic mass is 19.1. The van der Waals surface area contributed by atoms with Crippen LogP contribution in [-0.2, 0) is 6.42 Å². The van der Waals surface area contributed by atoms with Gasteiger partial charge in [0, 0.05) is 17.3 Å². The van der Waals surface area contributed by atoms with Crippen LogP contribution in [-0.4, -0.2) is 11.8 Å². The van der Waals surface area contributed by atoms with Crippen molar-refractivity contribution in [2.45, 2.75) is 26.3 Å². The summed E-state index contributed by atoms with van der Waals surface area (Å²) < 4.78 is 13.4. The van der Waals surface area contributed by atoms with E-state index in [1.165, 1.54) is 24.6 Å². The number of rotatable bonds is 2. The standard InChI is InChI=1S/C17H16FNO/c1-11-9-13-5-3-4-6-16(13)19(11)17-8-7-14(18)10-15(17)12(2)20/h3-8,10-11H,9H2,1-2H3. The van der Waals surface area contributed by atoms with Gasteiger partial charge in [0.15, 0.2) is 5.78 Å². The summed E-state index contributed by atoms with van der Waals surface area (Å²) in [6.45, 7) is 3.60. The van der Waals surface area contributed by atoms with E-state index >= 15 is 0 Å². The maximum atomic E-state index is 13.4. The lowest BCUT2D eigenvalue weighted by Crippen LogP contribution is -2.25. The minimum absolute atomic E-state index is 0.115. The fourth-order valence-electron chi connectivity index (χ4n) is 2.93. The first-order valence-corrected chi connectivity index (χ1v) is 6.75. The van der Waals surface area contributed by atoms with Gasteiger partial charge in [0.2, 0.25) is 0 Å². The lowest BCUT2D eigenvalue weighted by Gasteiger charge is -2.27. The number of carbonyl (C=O) groups is 1. The van der Waals surface area contributed by atoms with Crippen molar-refractivity contribution < 1.29 is 9.18 Å². The molecule has 3 rings (SSSR count). The largest absolute Gasteiger partial charge is 0.337 e. The van der Waals surface area contributed by atoms with Crippen LogP contribution >= 0.6 is 0 Å². The summed E-state index contributed by atoms with van der Waals surface area (Å²) in [4.78, 5) is 13.9. The second-order valence-corrected chi connectivity index (χ2v) is 5.27. The highest BCUT2D eigenvalue weighted by Gasteiger charge is 2.29. The van der Waals surface area contributed by atoms with E-state index < -0.39 is 0 Å². The van der Waals surface area contributed by atoms with Crippen LogP contribution in [0, 0.1) is 5.82 Å². The van der Waals surface area contributed by atoms with Gasteiger partial charge in [0.25, 0.3) is 0 Å². The molecule has 1 aliphatic rings. The normalized spacial score (nSPS) is 17.1. The van der Waals surface area contributed by atoms with E-state index in [1.807, 2.05) is 18.2 Å². The molecule has 1 aliphatic heterocycles. The molecule has 20 heavy (non-hydrogen) atoms. The Labute approximate surface area is 117 Å². The molecule has 2 aromatic carbocycles. The molecule has 102 valence electrons. The third-order valence-corrected chi connectivity index (χ3v) is 3.80. The number of halogens is 1. The molecule has 0 aromatic heterocycles. The average Bonchev–Trinajstić information content (AvgIpc) is 2.74. The van der Waals surface area contributed by atoms with Gasteiger partial charge in [-0.3, -0.25) is 4.79 Å². The lowest BCUT2D eigenvalue weighted by atomic mass is 10.1. The van der Waals surface area contributed by atoms with Crippen LogP contribution in [0.1, 0.15) is 29.8 Å². The van der Waals surface area contributed by atoms with Gasteiger partial charge in [-0.15, -0.1) is 0 Å². The van der Waals surface area contributed by atoms with Crippen LogP contribution in [0.5, 0.6) is 0 Å². The number of Topliss-reactive ketones (excluding diaryl/α,β-unsaturated/α-hetero) is 1. The Kier molecular flexibility index (Phi) is 3.05. The van der Waals surface area contributed by atoms with Gasteiger partial charge in [-0.05, 0) is 50.1 Å². The predicted molar refractivity (Wildman–Crippen MR) is 78.2 cm³/mol. The van der Waals surface area contributed by atoms with Crippen molar-refractivity contribution in [3.63, 3.8) is 0 Å². The molecule has 0 spiro atoms. The maximum Gasteiger partial charge on any atom is 0.162 e. The molecule has 1 unspecified atom stereocenters. The van der Waals surface area contributed by atoms with Gasteiger partial charge in [-0.2, -0.15) is 0 Å². The molecular weight excluding hydrogens is 253 g/mol. The number of para-hydroxylation sites is 1. The zero-order chi connectivity index (χ0) is 14.3. The Morgan fingerprint density at radius 1 is 1.20 bits per heavy atom. The number of anilines is 2. The Morgan fingerprint density at radius 2 is 1.95 bits per heavy atom. The van der Waals surface area contributed by atoms with E-state index in [-0.39, 0.29) is 17.6 Å². The SMILES string of the molecule is CC(=O)c1cc(F)ccc1N1c2ccccc2CC1C. The molecule has 0 amide bonds. The van der Waals surface area contributed by atoms with Crippen molar-refractivity contribution in [2.24, 2.45) is 0 Å². The van der Waals surface area contributed by atoms with Gasteiger partial charge in [0.05, 0.1) is 5.69 Å². The van der Waals surface area contributed by atoms with Crippen molar-refractivity contribution >= 4 is 17.2 Å². The summed E-state index contributed by atoms with van der Waals surface area (Å²) in [5, 5.41) is 0. The summed E-state index contributed by atoms with van der Waals surface area (Å²) in [7, 11) is 0. The molecule has 0 radical (unpaired) electrons. The van der Waals surface area contributed by atoms with Gasteiger partial charge < -0.3 is 4.90 Å². The average molecular weight is 269 g/mol. The molecule has 0 fully saturated rings. The van der Waals surface area contributed by atoms with E-state index in [0.717, 1.165) is 17.8 Å². The number of nitrogens with zero attached hydrogens (tertiary/aromatic N) is 1. The molecule has 0 N–H and O–H groups in total. The molecule has 0 bridgehead atoms. The van der Waals surface area contributed by atoms with Crippen LogP contribution < -0.4 is 4.90 Å². The summed E-state index contributed by atoms with van der Waals surface area (Å²) in [5.74, 6) is -0.491. The smallest absolute Gasteiger partial charge is 0.162 e. The van der Waals surface area contributed by atoms with Gasteiger partial charge in [-0.25, -0.2) is 4.39 Å². The third kappa shape index (κ3) is 1.99. The molecular formula is C17H16FNO. The molecule has 1 atom stereocenters. The number of ketones is 1. The van der Waals surface area contributed by atoms with Crippen molar-refractivity contribution in [3.8, 4) is 0 Å². The molecule has 2 nitrogen and oxygen atoms in total. The third-order valence-electron chi connectivity index (χ3n) is 3.80. The van der Waals surface area contributed by atoms with Gasteiger partial charge in [0.1, 0.15) is 5.82 Å². The fraction of sp³-hybridized carbons (Fsp3) is 0.235. The zero-order valence-corrected chi connectivity index (χ0v) is 11.6. The number of hydrogen-bond acceptors (Lipinski definition) is 2. The van der Waals surface area contributed by atoms with Crippen LogP contribution in [0.15, 0.2) is 42.5 Å². The van der Waals surface area contributed by atoms with E-state index in [9.17, 15) is 9.18 Å². The second kappa shape index (κ2) is 4.75. The minimum Gasteiger partial charge on any atom is -0.337 e. The van der Waals surface area contributed by atoms with Gasteiger partial charge >= 0.3 is 0 Å². The first-order chi connectivity index (χ1) is 9.58. The molecule has 0 aliphatic carbocycles. The monoisotopic (exact) mass is 269 g/mol. The number of benzene rings is 2. The minimum atomic E-state index is -0.376. The predicted octanol–water partition coefficient (Wildman–Crippen LogP) is 4.11.